The van der Waals surface area contributed by atoms with E-state index in [-0.39, 0.29) is 6.10 Å². The van der Waals surface area contributed by atoms with Crippen LogP contribution in [0.5, 0.6) is 0 Å². The number of aryl methyl sites for hydroxylation is 1. The van der Waals surface area contributed by atoms with Crippen molar-refractivity contribution in [3.05, 3.63) is 11.4 Å². The summed E-state index contributed by atoms with van der Waals surface area (Å²) >= 11 is 0. The minimum absolute atomic E-state index is 0.185. The standard InChI is InChI=1S/C12H21N5O2/c1-7-10(15-9(3)16-11(7)17-13)14-6-12(18)4-5-19-8(12)2/h8,18H,4-6,13H2,1-3H3,(H2,14,15,16,17). The molecule has 1 fully saturated rings. The highest BCUT2D eigenvalue weighted by molar-refractivity contribution is 5.56. The summed E-state index contributed by atoms with van der Waals surface area (Å²) in [6.07, 6.45) is 0.432. The van der Waals surface area contributed by atoms with Gasteiger partial charge in [-0.15, -0.1) is 0 Å². The fourth-order valence-electron chi connectivity index (χ4n) is 2.18. The molecule has 5 N–H and O–H groups in total. The van der Waals surface area contributed by atoms with Crippen LogP contribution in [0.3, 0.4) is 0 Å². The monoisotopic (exact) mass is 267 g/mol. The zero-order valence-corrected chi connectivity index (χ0v) is 11.5. The second-order valence-electron chi connectivity index (χ2n) is 4.96. The lowest BCUT2D eigenvalue weighted by atomic mass is 9.97. The van der Waals surface area contributed by atoms with E-state index in [0.717, 1.165) is 5.56 Å². The van der Waals surface area contributed by atoms with Crippen molar-refractivity contribution in [3.63, 3.8) is 0 Å². The highest BCUT2D eigenvalue weighted by Crippen LogP contribution is 2.27. The van der Waals surface area contributed by atoms with Crippen molar-refractivity contribution < 1.29 is 9.84 Å². The summed E-state index contributed by atoms with van der Waals surface area (Å²) in [7, 11) is 0. The number of anilines is 2. The largest absolute Gasteiger partial charge is 0.385 e. The van der Waals surface area contributed by atoms with Gasteiger partial charge in [-0.25, -0.2) is 15.8 Å². The minimum atomic E-state index is -0.860. The van der Waals surface area contributed by atoms with Crippen molar-refractivity contribution in [1.82, 2.24) is 9.97 Å². The van der Waals surface area contributed by atoms with Crippen LogP contribution < -0.4 is 16.6 Å². The molecule has 1 aliphatic heterocycles. The molecule has 106 valence electrons. The van der Waals surface area contributed by atoms with Crippen molar-refractivity contribution in [2.24, 2.45) is 5.84 Å². The van der Waals surface area contributed by atoms with Gasteiger partial charge in [0.05, 0.1) is 6.10 Å². The summed E-state index contributed by atoms with van der Waals surface area (Å²) in [4.78, 5) is 8.52. The van der Waals surface area contributed by atoms with Crippen molar-refractivity contribution in [1.29, 1.82) is 0 Å². The Morgan fingerprint density at radius 3 is 2.68 bits per heavy atom. The number of hydrogen-bond donors (Lipinski definition) is 4. The van der Waals surface area contributed by atoms with Crippen LogP contribution in [0, 0.1) is 13.8 Å². The molecule has 1 aromatic rings. The molecule has 0 aromatic carbocycles. The highest BCUT2D eigenvalue weighted by atomic mass is 16.5. The first-order valence-corrected chi connectivity index (χ1v) is 6.36. The molecule has 7 heteroatoms. The molecule has 0 saturated carbocycles. The third-order valence-corrected chi connectivity index (χ3v) is 3.62. The Morgan fingerprint density at radius 2 is 2.11 bits per heavy atom. The first-order valence-electron chi connectivity index (χ1n) is 6.36. The summed E-state index contributed by atoms with van der Waals surface area (Å²) in [5.41, 5.74) is 2.51. The molecule has 0 bridgehead atoms. The first-order chi connectivity index (χ1) is 8.96. The number of nitrogens with one attached hydrogen (secondary N) is 2. The van der Waals surface area contributed by atoms with E-state index in [1.165, 1.54) is 0 Å². The van der Waals surface area contributed by atoms with Gasteiger partial charge in [0.15, 0.2) is 0 Å². The van der Waals surface area contributed by atoms with Gasteiger partial charge in [-0.2, -0.15) is 0 Å². The van der Waals surface area contributed by atoms with E-state index < -0.39 is 5.60 Å². The molecule has 2 rings (SSSR count). The van der Waals surface area contributed by atoms with Crippen LogP contribution in [0.15, 0.2) is 0 Å². The van der Waals surface area contributed by atoms with Crippen LogP contribution in [-0.2, 0) is 4.74 Å². The van der Waals surface area contributed by atoms with Gasteiger partial charge >= 0.3 is 0 Å². The molecule has 2 unspecified atom stereocenters. The maximum absolute atomic E-state index is 10.4. The Bertz CT molecular complexity index is 468. The normalized spacial score (nSPS) is 26.5. The molecule has 0 aliphatic carbocycles. The first kappa shape index (κ1) is 14.0. The van der Waals surface area contributed by atoms with Crippen molar-refractivity contribution in [2.45, 2.75) is 38.9 Å². The zero-order chi connectivity index (χ0) is 14.0. The second kappa shape index (κ2) is 5.28. The van der Waals surface area contributed by atoms with E-state index >= 15 is 0 Å². The van der Waals surface area contributed by atoms with Crippen LogP contribution in [0.2, 0.25) is 0 Å². The Morgan fingerprint density at radius 1 is 1.42 bits per heavy atom. The van der Waals surface area contributed by atoms with E-state index in [1.54, 1.807) is 6.92 Å². The fraction of sp³-hybridized carbons (Fsp3) is 0.667. The number of rotatable bonds is 4. The molecule has 2 heterocycles. The van der Waals surface area contributed by atoms with Gasteiger partial charge in [0.25, 0.3) is 0 Å². The summed E-state index contributed by atoms with van der Waals surface area (Å²) < 4.78 is 5.40. The predicted octanol–water partition coefficient (Wildman–Crippen LogP) is 0.331. The van der Waals surface area contributed by atoms with Crippen LogP contribution in [0.4, 0.5) is 11.6 Å². The van der Waals surface area contributed by atoms with E-state index in [9.17, 15) is 5.11 Å². The highest BCUT2D eigenvalue weighted by Gasteiger charge is 2.39. The van der Waals surface area contributed by atoms with Crippen LogP contribution in [-0.4, -0.2) is 39.9 Å². The number of nitrogens with two attached hydrogens (primary N) is 1. The quantitative estimate of drug-likeness (QED) is 0.460. The molecule has 1 aliphatic rings. The molecule has 1 saturated heterocycles. The third-order valence-electron chi connectivity index (χ3n) is 3.62. The van der Waals surface area contributed by atoms with Crippen molar-refractivity contribution in [2.75, 3.05) is 23.9 Å². The molecule has 1 aromatic heterocycles. The average molecular weight is 267 g/mol. The fourth-order valence-corrected chi connectivity index (χ4v) is 2.18. The van der Waals surface area contributed by atoms with Gasteiger partial charge in [0, 0.05) is 25.1 Å². The smallest absolute Gasteiger partial charge is 0.148 e. The Kier molecular flexibility index (Phi) is 3.88. The maximum Gasteiger partial charge on any atom is 0.148 e. The Labute approximate surface area is 112 Å². The van der Waals surface area contributed by atoms with Crippen molar-refractivity contribution in [3.8, 4) is 0 Å². The van der Waals surface area contributed by atoms with Gasteiger partial charge in [0.2, 0.25) is 0 Å². The minimum Gasteiger partial charge on any atom is -0.385 e. The number of ether oxygens (including phenoxy) is 1. The lowest BCUT2D eigenvalue weighted by Gasteiger charge is -2.27. The number of nitrogen functional groups attached to an aromatic ring is 1. The number of aliphatic hydroxyl groups is 1. The average Bonchev–Trinajstić information content (AvgIpc) is 2.71. The van der Waals surface area contributed by atoms with E-state index in [2.05, 4.69) is 20.7 Å². The zero-order valence-electron chi connectivity index (χ0n) is 11.5. The van der Waals surface area contributed by atoms with E-state index in [0.29, 0.717) is 37.0 Å². The molecule has 2 atom stereocenters. The van der Waals surface area contributed by atoms with Gasteiger partial charge in [-0.3, -0.25) is 0 Å². The van der Waals surface area contributed by atoms with Gasteiger partial charge in [-0.1, -0.05) is 0 Å². The lowest BCUT2D eigenvalue weighted by molar-refractivity contribution is -0.0176. The van der Waals surface area contributed by atoms with E-state index in [4.69, 9.17) is 10.6 Å². The van der Waals surface area contributed by atoms with Gasteiger partial charge in [-0.05, 0) is 20.8 Å². The molecule has 0 spiro atoms. The summed E-state index contributed by atoms with van der Waals surface area (Å²) in [6, 6.07) is 0. The van der Waals surface area contributed by atoms with Crippen molar-refractivity contribution >= 4 is 11.6 Å². The summed E-state index contributed by atoms with van der Waals surface area (Å²) in [5, 5.41) is 13.6. The number of aromatic nitrogens is 2. The van der Waals surface area contributed by atoms with E-state index in [1.807, 2.05) is 13.8 Å². The van der Waals surface area contributed by atoms with Crippen LogP contribution in [0.1, 0.15) is 24.7 Å². The third kappa shape index (κ3) is 2.78. The maximum atomic E-state index is 10.4. The Hall–Kier alpha value is -1.44. The molecule has 0 amide bonds. The van der Waals surface area contributed by atoms with Gasteiger partial charge in [0.1, 0.15) is 23.1 Å². The lowest BCUT2D eigenvalue weighted by Crippen LogP contribution is -2.43. The molecule has 0 radical (unpaired) electrons. The number of nitrogens with zero attached hydrogens (tertiary/aromatic N) is 2. The van der Waals surface area contributed by atoms with Gasteiger partial charge < -0.3 is 20.6 Å². The predicted molar refractivity (Wildman–Crippen MR) is 72.8 cm³/mol. The summed E-state index contributed by atoms with van der Waals surface area (Å²) in [6.45, 7) is 6.50. The Balaban J connectivity index is 2.13. The molecular weight excluding hydrogens is 246 g/mol. The molecular formula is C12H21N5O2. The SMILES string of the molecule is Cc1nc(NN)c(C)c(NCC2(O)CCOC2C)n1. The number of hydrogen-bond acceptors (Lipinski definition) is 7. The topological polar surface area (TPSA) is 105 Å². The van der Waals surface area contributed by atoms with Crippen LogP contribution >= 0.6 is 0 Å². The molecule has 19 heavy (non-hydrogen) atoms. The number of hydrazine groups is 1. The molecule has 7 nitrogen and oxygen atoms in total. The second-order valence-corrected chi connectivity index (χ2v) is 4.96. The van der Waals surface area contributed by atoms with Crippen LogP contribution in [0.25, 0.3) is 0 Å². The summed E-state index contributed by atoms with van der Waals surface area (Å²) in [5.74, 6) is 7.29.